The van der Waals surface area contributed by atoms with E-state index in [2.05, 4.69) is 0 Å². The monoisotopic (exact) mass is 580 g/mol. The number of aliphatic hydroxyl groups is 1. The molecule has 1 fully saturated rings. The van der Waals surface area contributed by atoms with Crippen LogP contribution in [0.4, 0.5) is 23.2 Å². The number of ether oxygens (including phenoxy) is 1. The SMILES string of the molecule is CCS(=O)(=O)c1ccc([C@@H](CO)c2cc(N3C[C@H](Oc4ccc(C(F)(F)F)cc4)[C@@H](F)C3)ccc2C(N)=O)cc1. The van der Waals surface area contributed by atoms with Crippen LogP contribution in [-0.4, -0.2) is 57.2 Å². The number of anilines is 1. The minimum absolute atomic E-state index is 0.0708. The second kappa shape index (κ2) is 11.5. The van der Waals surface area contributed by atoms with E-state index >= 15 is 0 Å². The third kappa shape index (κ3) is 6.23. The van der Waals surface area contributed by atoms with Crippen molar-refractivity contribution in [2.45, 2.75) is 36.2 Å². The van der Waals surface area contributed by atoms with Crippen molar-refractivity contribution in [2.24, 2.45) is 5.73 Å². The minimum atomic E-state index is -4.50. The van der Waals surface area contributed by atoms with Gasteiger partial charge in [-0.2, -0.15) is 13.2 Å². The molecule has 1 aliphatic rings. The minimum Gasteiger partial charge on any atom is -0.485 e. The van der Waals surface area contributed by atoms with Gasteiger partial charge in [0.1, 0.15) is 11.9 Å². The van der Waals surface area contributed by atoms with Gasteiger partial charge in [0.05, 0.1) is 35.9 Å². The Morgan fingerprint density at radius 1 is 1.07 bits per heavy atom. The molecule has 1 heterocycles. The number of hydrogen-bond acceptors (Lipinski definition) is 6. The normalized spacial score (nSPS) is 18.5. The number of rotatable bonds is 9. The summed E-state index contributed by atoms with van der Waals surface area (Å²) in [4.78, 5) is 14.0. The lowest BCUT2D eigenvalue weighted by atomic mass is 9.88. The molecule has 40 heavy (non-hydrogen) atoms. The first kappa shape index (κ1) is 29.3. The van der Waals surface area contributed by atoms with Gasteiger partial charge in [0.15, 0.2) is 16.0 Å². The van der Waals surface area contributed by atoms with E-state index in [4.69, 9.17) is 10.5 Å². The number of halogens is 4. The molecule has 4 rings (SSSR count). The van der Waals surface area contributed by atoms with Crippen molar-refractivity contribution < 1.29 is 40.6 Å². The lowest BCUT2D eigenvalue weighted by molar-refractivity contribution is -0.137. The number of amides is 1. The molecular formula is C28H28F4N2O5S. The fourth-order valence-electron chi connectivity index (χ4n) is 4.67. The summed E-state index contributed by atoms with van der Waals surface area (Å²) >= 11 is 0. The summed E-state index contributed by atoms with van der Waals surface area (Å²) in [6, 6.07) is 14.7. The molecule has 1 aliphatic heterocycles. The number of nitrogens with two attached hydrogens (primary N) is 1. The summed E-state index contributed by atoms with van der Waals surface area (Å²) in [5.41, 5.74) is 6.33. The molecule has 0 spiro atoms. The average Bonchev–Trinajstić information content (AvgIpc) is 3.29. The highest BCUT2D eigenvalue weighted by molar-refractivity contribution is 7.91. The molecule has 1 amide bonds. The number of sulfone groups is 1. The summed E-state index contributed by atoms with van der Waals surface area (Å²) in [6.07, 6.45) is -6.91. The van der Waals surface area contributed by atoms with E-state index in [1.54, 1.807) is 29.2 Å². The van der Waals surface area contributed by atoms with Crippen molar-refractivity contribution in [2.75, 3.05) is 30.3 Å². The van der Waals surface area contributed by atoms with E-state index < -0.39 is 52.3 Å². The quantitative estimate of drug-likeness (QED) is 0.365. The number of primary amides is 1. The first-order valence-electron chi connectivity index (χ1n) is 12.4. The number of nitrogens with zero attached hydrogens (tertiary/aromatic N) is 1. The highest BCUT2D eigenvalue weighted by Crippen LogP contribution is 2.34. The molecule has 0 unspecified atom stereocenters. The molecule has 1 saturated heterocycles. The van der Waals surface area contributed by atoms with E-state index in [0.29, 0.717) is 16.8 Å². The van der Waals surface area contributed by atoms with Crippen molar-refractivity contribution in [3.8, 4) is 5.75 Å². The number of carbonyl (C=O) groups excluding carboxylic acids is 1. The van der Waals surface area contributed by atoms with Gasteiger partial charge < -0.3 is 20.5 Å². The third-order valence-electron chi connectivity index (χ3n) is 6.91. The van der Waals surface area contributed by atoms with Crippen molar-refractivity contribution >= 4 is 21.4 Å². The van der Waals surface area contributed by atoms with Crippen molar-refractivity contribution in [1.29, 1.82) is 0 Å². The van der Waals surface area contributed by atoms with Gasteiger partial charge in [-0.3, -0.25) is 4.79 Å². The fraction of sp³-hybridized carbons (Fsp3) is 0.321. The molecule has 214 valence electrons. The molecule has 0 saturated carbocycles. The van der Waals surface area contributed by atoms with Crippen LogP contribution in [0.25, 0.3) is 0 Å². The van der Waals surface area contributed by atoms with Gasteiger partial charge in [-0.25, -0.2) is 12.8 Å². The Labute approximate surface area is 229 Å². The van der Waals surface area contributed by atoms with Crippen LogP contribution >= 0.6 is 0 Å². The predicted octanol–water partition coefficient (Wildman–Crippen LogP) is 4.33. The van der Waals surface area contributed by atoms with Gasteiger partial charge in [0.2, 0.25) is 5.91 Å². The zero-order chi connectivity index (χ0) is 29.2. The summed E-state index contributed by atoms with van der Waals surface area (Å²) in [7, 11) is -3.43. The molecule has 3 atom stereocenters. The van der Waals surface area contributed by atoms with Crippen LogP contribution in [0.2, 0.25) is 0 Å². The molecule has 0 aromatic heterocycles. The first-order chi connectivity index (χ1) is 18.8. The summed E-state index contributed by atoms with van der Waals surface area (Å²) in [5.74, 6) is -1.44. The molecular weight excluding hydrogens is 552 g/mol. The predicted molar refractivity (Wildman–Crippen MR) is 141 cm³/mol. The second-order valence-electron chi connectivity index (χ2n) is 9.44. The first-order valence-corrected chi connectivity index (χ1v) is 14.1. The van der Waals surface area contributed by atoms with E-state index in [9.17, 15) is 35.9 Å². The lowest BCUT2D eigenvalue weighted by Gasteiger charge is -2.23. The van der Waals surface area contributed by atoms with Crippen LogP contribution in [-0.2, 0) is 16.0 Å². The highest BCUT2D eigenvalue weighted by Gasteiger charge is 2.36. The van der Waals surface area contributed by atoms with Gasteiger partial charge in [0.25, 0.3) is 0 Å². The number of aliphatic hydroxyl groups excluding tert-OH is 1. The van der Waals surface area contributed by atoms with Crippen molar-refractivity contribution in [3.05, 3.63) is 89.0 Å². The fourth-order valence-corrected chi connectivity index (χ4v) is 5.55. The van der Waals surface area contributed by atoms with Crippen molar-refractivity contribution in [1.82, 2.24) is 0 Å². The Hall–Kier alpha value is -3.64. The maximum atomic E-state index is 14.9. The molecule has 7 nitrogen and oxygen atoms in total. The Kier molecular flexibility index (Phi) is 8.41. The molecule has 0 bridgehead atoms. The van der Waals surface area contributed by atoms with Crippen LogP contribution in [0, 0.1) is 0 Å². The zero-order valence-electron chi connectivity index (χ0n) is 21.4. The highest BCUT2D eigenvalue weighted by atomic mass is 32.2. The maximum Gasteiger partial charge on any atom is 0.416 e. The molecule has 0 aliphatic carbocycles. The number of alkyl halides is 4. The summed E-state index contributed by atoms with van der Waals surface area (Å²) < 4.78 is 83.4. The van der Waals surface area contributed by atoms with Crippen LogP contribution in [0.1, 0.15) is 39.9 Å². The molecule has 3 aromatic carbocycles. The molecule has 0 radical (unpaired) electrons. The van der Waals surface area contributed by atoms with Crippen LogP contribution in [0.15, 0.2) is 71.6 Å². The number of carbonyl (C=O) groups is 1. The smallest absolute Gasteiger partial charge is 0.416 e. The Morgan fingerprint density at radius 3 is 2.27 bits per heavy atom. The van der Waals surface area contributed by atoms with Crippen LogP contribution in [0.3, 0.4) is 0 Å². The third-order valence-corrected chi connectivity index (χ3v) is 8.66. The maximum absolute atomic E-state index is 14.9. The Morgan fingerprint density at radius 2 is 1.73 bits per heavy atom. The molecule has 12 heteroatoms. The van der Waals surface area contributed by atoms with Crippen LogP contribution < -0.4 is 15.4 Å². The molecule has 3 N–H and O–H groups in total. The van der Waals surface area contributed by atoms with Gasteiger partial charge in [-0.05, 0) is 65.7 Å². The second-order valence-corrected chi connectivity index (χ2v) is 11.7. The van der Waals surface area contributed by atoms with Gasteiger partial charge in [-0.1, -0.05) is 19.1 Å². The van der Waals surface area contributed by atoms with E-state index in [1.807, 2.05) is 0 Å². The number of hydrogen-bond donors (Lipinski definition) is 2. The number of benzene rings is 3. The largest absolute Gasteiger partial charge is 0.485 e. The molecule has 3 aromatic rings. The standard InChI is InChI=1S/C28H28F4N2O5S/c1-2-40(37,38)21-10-3-17(4-11-21)24(16-35)23-13-19(7-12-22(23)27(33)36)34-14-25(29)26(15-34)39-20-8-5-18(6-9-20)28(30,31)32/h3-13,24-26,35H,2,14-16H2,1H3,(H2,33,36)/t24-,25+,26+/m1/s1. The Balaban J connectivity index is 1.59. The van der Waals surface area contributed by atoms with Crippen LogP contribution in [0.5, 0.6) is 5.75 Å². The van der Waals surface area contributed by atoms with Gasteiger partial charge >= 0.3 is 6.18 Å². The zero-order valence-corrected chi connectivity index (χ0v) is 22.3. The van der Waals surface area contributed by atoms with E-state index in [1.165, 1.54) is 25.1 Å². The van der Waals surface area contributed by atoms with Crippen molar-refractivity contribution in [3.63, 3.8) is 0 Å². The Bertz CT molecular complexity index is 1460. The van der Waals surface area contributed by atoms with E-state index in [-0.39, 0.29) is 35.1 Å². The summed E-state index contributed by atoms with van der Waals surface area (Å²) in [5, 5.41) is 10.3. The van der Waals surface area contributed by atoms with Gasteiger partial charge in [0, 0.05) is 17.2 Å². The van der Waals surface area contributed by atoms with Gasteiger partial charge in [-0.15, -0.1) is 0 Å². The lowest BCUT2D eigenvalue weighted by Crippen LogP contribution is -2.27. The topological polar surface area (TPSA) is 110 Å². The van der Waals surface area contributed by atoms with E-state index in [0.717, 1.165) is 24.3 Å². The average molecular weight is 581 g/mol. The summed E-state index contributed by atoms with van der Waals surface area (Å²) in [6.45, 7) is 1.11.